The zero-order valence-corrected chi connectivity index (χ0v) is 14.6. The molecule has 0 amide bonds. The van der Waals surface area contributed by atoms with Gasteiger partial charge in [0.05, 0.1) is 6.33 Å². The maximum atomic E-state index is 12.5. The number of esters is 1. The molecule has 0 N–H and O–H groups in total. The van der Waals surface area contributed by atoms with E-state index in [2.05, 4.69) is 4.98 Å². The number of fused-ring (bicyclic) bond motifs is 1. The lowest BCUT2D eigenvalue weighted by atomic mass is 10.2. The Morgan fingerprint density at radius 2 is 2.00 bits per heavy atom. The van der Waals surface area contributed by atoms with Crippen LogP contribution in [0.1, 0.15) is 5.56 Å². The summed E-state index contributed by atoms with van der Waals surface area (Å²) in [6.45, 7) is 1.27. The van der Waals surface area contributed by atoms with Gasteiger partial charge in [0.2, 0.25) is 0 Å². The Bertz CT molecular complexity index is 1110. The van der Waals surface area contributed by atoms with E-state index < -0.39 is 23.8 Å². The Kier molecular flexibility index (Phi) is 4.22. The van der Waals surface area contributed by atoms with Crippen LogP contribution in [-0.4, -0.2) is 24.7 Å². The number of hydrogen-bond donors (Lipinski definition) is 0. The van der Waals surface area contributed by atoms with Crippen molar-refractivity contribution in [2.45, 2.75) is 13.5 Å². The topological polar surface area (TPSA) is 88.1 Å². The second kappa shape index (κ2) is 6.21. The fraction of sp³-hybridized carbons (Fsp3) is 0.250. The van der Waals surface area contributed by atoms with E-state index in [9.17, 15) is 14.4 Å². The maximum absolute atomic E-state index is 12.5. The number of halogens is 1. The lowest BCUT2D eigenvalue weighted by Gasteiger charge is -2.09. The SMILES string of the molecule is Cc1cc(OC(=O)Cn2c(=O)c3c(ncn3C)n(C)c2=O)ccc1Cl. The van der Waals surface area contributed by atoms with Gasteiger partial charge >= 0.3 is 11.7 Å². The van der Waals surface area contributed by atoms with Gasteiger partial charge in [0, 0.05) is 19.1 Å². The summed E-state index contributed by atoms with van der Waals surface area (Å²) in [5, 5.41) is 0.548. The Balaban J connectivity index is 1.96. The van der Waals surface area contributed by atoms with Crippen molar-refractivity contribution in [3.05, 3.63) is 56.0 Å². The molecular weight excluding hydrogens is 348 g/mol. The molecule has 0 unspecified atom stereocenters. The van der Waals surface area contributed by atoms with E-state index in [1.165, 1.54) is 22.5 Å². The third-order valence-electron chi connectivity index (χ3n) is 3.85. The first-order chi connectivity index (χ1) is 11.8. The van der Waals surface area contributed by atoms with Crippen LogP contribution in [0.4, 0.5) is 0 Å². The van der Waals surface area contributed by atoms with Crippen LogP contribution in [0.2, 0.25) is 5.02 Å². The highest BCUT2D eigenvalue weighted by molar-refractivity contribution is 6.31. The number of nitrogens with zero attached hydrogens (tertiary/aromatic N) is 4. The predicted octanol–water partition coefficient (Wildman–Crippen LogP) is 1.00. The molecule has 0 aliphatic carbocycles. The molecule has 0 saturated heterocycles. The largest absolute Gasteiger partial charge is 0.425 e. The summed E-state index contributed by atoms with van der Waals surface area (Å²) in [6, 6.07) is 4.75. The Morgan fingerprint density at radius 3 is 2.68 bits per heavy atom. The van der Waals surface area contributed by atoms with E-state index in [1.54, 1.807) is 32.2 Å². The third-order valence-corrected chi connectivity index (χ3v) is 4.27. The fourth-order valence-corrected chi connectivity index (χ4v) is 2.63. The molecule has 9 heteroatoms. The Hall–Kier alpha value is -2.87. The maximum Gasteiger partial charge on any atom is 0.333 e. The number of benzene rings is 1. The average Bonchev–Trinajstić information content (AvgIpc) is 2.95. The Labute approximate surface area is 146 Å². The molecule has 0 aliphatic heterocycles. The summed E-state index contributed by atoms with van der Waals surface area (Å²) < 4.78 is 8.75. The van der Waals surface area contributed by atoms with Crippen molar-refractivity contribution in [2.75, 3.05) is 0 Å². The molecule has 0 saturated carbocycles. The molecule has 130 valence electrons. The zero-order valence-electron chi connectivity index (χ0n) is 13.8. The standard InChI is InChI=1S/C16H15ClN4O4/c1-9-6-10(4-5-11(9)17)25-12(22)7-21-15(23)13-14(18-8-19(13)2)20(3)16(21)24/h4-6,8H,7H2,1-3H3. The van der Waals surface area contributed by atoms with Crippen LogP contribution in [-0.2, 0) is 25.4 Å². The summed E-state index contributed by atoms with van der Waals surface area (Å²) in [7, 11) is 3.13. The van der Waals surface area contributed by atoms with Crippen LogP contribution in [0.3, 0.4) is 0 Å². The van der Waals surface area contributed by atoms with Gasteiger partial charge in [-0.05, 0) is 30.7 Å². The van der Waals surface area contributed by atoms with Crippen LogP contribution >= 0.6 is 11.6 Å². The summed E-state index contributed by atoms with van der Waals surface area (Å²) in [6.07, 6.45) is 1.44. The van der Waals surface area contributed by atoms with Crippen molar-refractivity contribution < 1.29 is 9.53 Å². The number of aryl methyl sites for hydroxylation is 3. The summed E-state index contributed by atoms with van der Waals surface area (Å²) >= 11 is 5.93. The number of rotatable bonds is 3. The van der Waals surface area contributed by atoms with Crippen LogP contribution in [0.15, 0.2) is 34.1 Å². The fourth-order valence-electron chi connectivity index (χ4n) is 2.51. The number of imidazole rings is 1. The number of aromatic nitrogens is 4. The number of carbonyl (C=O) groups is 1. The van der Waals surface area contributed by atoms with Crippen molar-refractivity contribution >= 4 is 28.7 Å². The molecule has 2 heterocycles. The minimum absolute atomic E-state index is 0.234. The lowest BCUT2D eigenvalue weighted by Crippen LogP contribution is -2.42. The van der Waals surface area contributed by atoms with Gasteiger partial charge in [0.1, 0.15) is 12.3 Å². The van der Waals surface area contributed by atoms with E-state index >= 15 is 0 Å². The molecular formula is C16H15ClN4O4. The minimum atomic E-state index is -0.734. The zero-order chi connectivity index (χ0) is 18.3. The molecule has 1 aromatic carbocycles. The minimum Gasteiger partial charge on any atom is -0.425 e. The molecule has 0 spiro atoms. The first-order valence-corrected chi connectivity index (χ1v) is 7.75. The highest BCUT2D eigenvalue weighted by Gasteiger charge is 2.18. The average molecular weight is 363 g/mol. The monoisotopic (exact) mass is 362 g/mol. The molecule has 3 aromatic rings. The van der Waals surface area contributed by atoms with Crippen molar-refractivity contribution in [1.82, 2.24) is 18.7 Å². The van der Waals surface area contributed by atoms with Gasteiger partial charge < -0.3 is 9.30 Å². The molecule has 0 aliphatic rings. The van der Waals surface area contributed by atoms with E-state index in [1.807, 2.05) is 0 Å². The predicted molar refractivity (Wildman–Crippen MR) is 92.0 cm³/mol. The van der Waals surface area contributed by atoms with Gasteiger partial charge in [0.15, 0.2) is 11.2 Å². The highest BCUT2D eigenvalue weighted by atomic mass is 35.5. The normalized spacial score (nSPS) is 11.0. The van der Waals surface area contributed by atoms with Crippen molar-refractivity contribution in [2.24, 2.45) is 14.1 Å². The van der Waals surface area contributed by atoms with Crippen LogP contribution in [0, 0.1) is 6.92 Å². The lowest BCUT2D eigenvalue weighted by molar-refractivity contribution is -0.135. The third kappa shape index (κ3) is 2.96. The molecule has 25 heavy (non-hydrogen) atoms. The quantitative estimate of drug-likeness (QED) is 0.512. The Morgan fingerprint density at radius 1 is 1.28 bits per heavy atom. The summed E-state index contributed by atoms with van der Waals surface area (Å²) in [5.74, 6) is -0.444. The number of carbonyl (C=O) groups excluding carboxylic acids is 1. The van der Waals surface area contributed by atoms with Crippen LogP contribution in [0.25, 0.3) is 11.2 Å². The van der Waals surface area contributed by atoms with Gasteiger partial charge in [-0.25, -0.2) is 19.1 Å². The second-order valence-electron chi connectivity index (χ2n) is 5.65. The smallest absolute Gasteiger partial charge is 0.333 e. The molecule has 0 radical (unpaired) electrons. The van der Waals surface area contributed by atoms with Gasteiger partial charge in [0.25, 0.3) is 5.56 Å². The van der Waals surface area contributed by atoms with Gasteiger partial charge in [-0.1, -0.05) is 11.6 Å². The van der Waals surface area contributed by atoms with E-state index in [0.717, 1.165) is 10.1 Å². The first kappa shape index (κ1) is 17.0. The van der Waals surface area contributed by atoms with E-state index in [0.29, 0.717) is 10.8 Å². The molecule has 0 atom stereocenters. The molecule has 0 bridgehead atoms. The summed E-state index contributed by atoms with van der Waals surface area (Å²) in [4.78, 5) is 41.1. The molecule has 0 fully saturated rings. The van der Waals surface area contributed by atoms with Crippen molar-refractivity contribution in [3.63, 3.8) is 0 Å². The molecule has 3 rings (SSSR count). The number of ether oxygens (including phenoxy) is 1. The van der Waals surface area contributed by atoms with Gasteiger partial charge in [-0.3, -0.25) is 9.36 Å². The van der Waals surface area contributed by atoms with E-state index in [4.69, 9.17) is 16.3 Å². The summed E-state index contributed by atoms with van der Waals surface area (Å²) in [5.41, 5.74) is 0.00630. The number of hydrogen-bond acceptors (Lipinski definition) is 5. The van der Waals surface area contributed by atoms with Crippen molar-refractivity contribution in [1.29, 1.82) is 0 Å². The van der Waals surface area contributed by atoms with Crippen LogP contribution < -0.4 is 16.0 Å². The second-order valence-corrected chi connectivity index (χ2v) is 6.05. The molecule has 2 aromatic heterocycles. The van der Waals surface area contributed by atoms with Crippen LogP contribution in [0.5, 0.6) is 5.75 Å². The van der Waals surface area contributed by atoms with Crippen molar-refractivity contribution in [3.8, 4) is 5.75 Å². The highest BCUT2D eigenvalue weighted by Crippen LogP contribution is 2.21. The first-order valence-electron chi connectivity index (χ1n) is 7.37. The van der Waals surface area contributed by atoms with Gasteiger partial charge in [-0.15, -0.1) is 0 Å². The van der Waals surface area contributed by atoms with Gasteiger partial charge in [-0.2, -0.15) is 0 Å². The molecule has 8 nitrogen and oxygen atoms in total. The van der Waals surface area contributed by atoms with E-state index in [-0.39, 0.29) is 11.2 Å².